The van der Waals surface area contributed by atoms with E-state index in [1.165, 1.54) is 6.07 Å². The number of aryl methyl sites for hydroxylation is 2. The number of aldehydes is 1. The van der Waals surface area contributed by atoms with E-state index in [0.717, 1.165) is 33.9 Å². The maximum atomic E-state index is 14.6. The zero-order chi connectivity index (χ0) is 24.6. The summed E-state index contributed by atoms with van der Waals surface area (Å²) in [5, 5.41) is 0.963. The smallest absolute Gasteiger partial charge is 0.153 e. The van der Waals surface area contributed by atoms with E-state index in [4.69, 9.17) is 21.3 Å². The van der Waals surface area contributed by atoms with Crippen LogP contribution in [0.4, 0.5) is 4.39 Å². The van der Waals surface area contributed by atoms with Gasteiger partial charge in [-0.3, -0.25) is 0 Å². The molecule has 0 spiro atoms. The standard InChI is InChI=1S/C28H28ClFN2O2/c1-17-9-11-19(12-10-17)25-21-13-14-32(15-20-7-6-8-22(29)26(20)30)27(21)31-18(2)24(25)23(16-33)34-28(3,4)5/h6-14,16,23H,15H2,1-5H3. The normalized spacial score (nSPS) is 12.8. The molecule has 34 heavy (non-hydrogen) atoms. The maximum absolute atomic E-state index is 14.6. The van der Waals surface area contributed by atoms with Crippen molar-refractivity contribution in [2.24, 2.45) is 0 Å². The van der Waals surface area contributed by atoms with Gasteiger partial charge in [-0.05, 0) is 52.3 Å². The Morgan fingerprint density at radius 1 is 1.12 bits per heavy atom. The monoisotopic (exact) mass is 478 g/mol. The van der Waals surface area contributed by atoms with E-state index in [2.05, 4.69) is 0 Å². The Bertz CT molecular complexity index is 1350. The number of benzene rings is 2. The Kier molecular flexibility index (Phi) is 6.61. The Morgan fingerprint density at radius 3 is 2.47 bits per heavy atom. The molecule has 4 aromatic rings. The van der Waals surface area contributed by atoms with Gasteiger partial charge in [0.1, 0.15) is 17.6 Å². The summed E-state index contributed by atoms with van der Waals surface area (Å²) in [6, 6.07) is 15.1. The molecule has 6 heteroatoms. The van der Waals surface area contributed by atoms with Gasteiger partial charge in [-0.15, -0.1) is 0 Å². The number of halogens is 2. The van der Waals surface area contributed by atoms with E-state index in [0.29, 0.717) is 16.9 Å². The minimum absolute atomic E-state index is 0.0916. The minimum atomic E-state index is -0.776. The highest BCUT2D eigenvalue weighted by Crippen LogP contribution is 2.39. The number of hydrogen-bond acceptors (Lipinski definition) is 3. The van der Waals surface area contributed by atoms with Crippen molar-refractivity contribution in [3.8, 4) is 11.1 Å². The minimum Gasteiger partial charge on any atom is -0.360 e. The first-order valence-electron chi connectivity index (χ1n) is 11.2. The molecule has 2 aromatic carbocycles. The highest BCUT2D eigenvalue weighted by molar-refractivity contribution is 6.30. The zero-order valence-electron chi connectivity index (χ0n) is 20.0. The average Bonchev–Trinajstić information content (AvgIpc) is 3.16. The highest BCUT2D eigenvalue weighted by Gasteiger charge is 2.27. The van der Waals surface area contributed by atoms with Gasteiger partial charge in [-0.2, -0.15) is 0 Å². The van der Waals surface area contributed by atoms with Gasteiger partial charge in [0.15, 0.2) is 6.29 Å². The van der Waals surface area contributed by atoms with Crippen LogP contribution in [-0.2, 0) is 16.1 Å². The lowest BCUT2D eigenvalue weighted by Gasteiger charge is -2.27. The topological polar surface area (TPSA) is 44.1 Å². The number of carbonyl (C=O) groups excluding carboxylic acids is 1. The van der Waals surface area contributed by atoms with Crippen LogP contribution in [0.1, 0.15) is 49.3 Å². The Hall–Kier alpha value is -3.02. The molecule has 2 aromatic heterocycles. The van der Waals surface area contributed by atoms with Crippen molar-refractivity contribution < 1.29 is 13.9 Å². The van der Waals surface area contributed by atoms with Crippen LogP contribution in [0.2, 0.25) is 5.02 Å². The van der Waals surface area contributed by atoms with Crippen LogP contribution in [0.3, 0.4) is 0 Å². The van der Waals surface area contributed by atoms with Gasteiger partial charge in [0.2, 0.25) is 0 Å². The van der Waals surface area contributed by atoms with Gasteiger partial charge in [-0.1, -0.05) is 53.6 Å². The fourth-order valence-electron chi connectivity index (χ4n) is 4.23. The highest BCUT2D eigenvalue weighted by atomic mass is 35.5. The number of carbonyl (C=O) groups is 1. The summed E-state index contributed by atoms with van der Waals surface area (Å²) in [4.78, 5) is 17.1. The van der Waals surface area contributed by atoms with Crippen LogP contribution in [0, 0.1) is 19.7 Å². The molecule has 0 radical (unpaired) electrons. The predicted molar refractivity (Wildman–Crippen MR) is 135 cm³/mol. The van der Waals surface area contributed by atoms with Crippen molar-refractivity contribution in [2.45, 2.75) is 52.9 Å². The molecule has 0 saturated heterocycles. The third kappa shape index (κ3) is 4.77. The van der Waals surface area contributed by atoms with Crippen molar-refractivity contribution in [1.82, 2.24) is 9.55 Å². The second kappa shape index (κ2) is 9.32. The van der Waals surface area contributed by atoms with Crippen LogP contribution < -0.4 is 0 Å². The van der Waals surface area contributed by atoms with E-state index < -0.39 is 17.5 Å². The van der Waals surface area contributed by atoms with Crippen LogP contribution in [0.5, 0.6) is 0 Å². The first kappa shape index (κ1) is 24.1. The number of rotatable bonds is 6. The SMILES string of the molecule is Cc1ccc(-c2c(C(C=O)OC(C)(C)C)c(C)nc3c2ccn3Cc2cccc(Cl)c2F)cc1. The van der Waals surface area contributed by atoms with Crippen molar-refractivity contribution in [3.05, 3.63) is 88.0 Å². The third-order valence-corrected chi connectivity index (χ3v) is 6.03. The first-order valence-corrected chi connectivity index (χ1v) is 11.6. The summed E-state index contributed by atoms with van der Waals surface area (Å²) in [6.07, 6.45) is 1.94. The second-order valence-corrected chi connectivity index (χ2v) is 9.94. The molecule has 0 fully saturated rings. The largest absolute Gasteiger partial charge is 0.360 e. The summed E-state index contributed by atoms with van der Waals surface area (Å²) >= 11 is 5.99. The third-order valence-electron chi connectivity index (χ3n) is 5.74. The molecule has 0 amide bonds. The Labute approximate surface area is 204 Å². The lowest BCUT2D eigenvalue weighted by Crippen LogP contribution is -2.24. The number of ether oxygens (including phenoxy) is 1. The second-order valence-electron chi connectivity index (χ2n) is 9.53. The van der Waals surface area contributed by atoms with E-state index in [1.54, 1.807) is 12.1 Å². The predicted octanol–water partition coefficient (Wildman–Crippen LogP) is 7.22. The van der Waals surface area contributed by atoms with E-state index >= 15 is 0 Å². The molecule has 1 atom stereocenters. The summed E-state index contributed by atoms with van der Waals surface area (Å²) in [7, 11) is 0. The zero-order valence-corrected chi connectivity index (χ0v) is 20.8. The van der Waals surface area contributed by atoms with Crippen LogP contribution >= 0.6 is 11.6 Å². The van der Waals surface area contributed by atoms with E-state index in [9.17, 15) is 9.18 Å². The van der Waals surface area contributed by atoms with Crippen LogP contribution in [0.15, 0.2) is 54.7 Å². The quantitative estimate of drug-likeness (QED) is 0.275. The molecular weight excluding hydrogens is 451 g/mol. The van der Waals surface area contributed by atoms with Crippen LogP contribution in [-0.4, -0.2) is 21.4 Å². The molecule has 0 saturated carbocycles. The van der Waals surface area contributed by atoms with Gasteiger partial charge < -0.3 is 14.1 Å². The Balaban J connectivity index is 1.95. The lowest BCUT2D eigenvalue weighted by molar-refractivity contribution is -0.128. The Morgan fingerprint density at radius 2 is 1.82 bits per heavy atom. The number of aromatic nitrogens is 2. The molecule has 4 nitrogen and oxygen atoms in total. The van der Waals surface area contributed by atoms with Gasteiger partial charge >= 0.3 is 0 Å². The van der Waals surface area contributed by atoms with Crippen molar-refractivity contribution in [3.63, 3.8) is 0 Å². The molecule has 4 rings (SSSR count). The van der Waals surface area contributed by atoms with E-state index in [-0.39, 0.29) is 11.6 Å². The van der Waals surface area contributed by atoms with E-state index in [1.807, 2.05) is 75.7 Å². The molecular formula is C28H28ClFN2O2. The summed E-state index contributed by atoms with van der Waals surface area (Å²) < 4.78 is 22.6. The summed E-state index contributed by atoms with van der Waals surface area (Å²) in [5.74, 6) is -0.433. The summed E-state index contributed by atoms with van der Waals surface area (Å²) in [6.45, 7) is 9.97. The fourth-order valence-corrected chi connectivity index (χ4v) is 4.42. The fraction of sp³-hybridized carbons (Fsp3) is 0.286. The number of fused-ring (bicyclic) bond motifs is 1. The summed E-state index contributed by atoms with van der Waals surface area (Å²) in [5.41, 5.74) is 5.10. The molecule has 0 aliphatic heterocycles. The molecule has 0 aliphatic carbocycles. The molecule has 0 bridgehead atoms. The lowest BCUT2D eigenvalue weighted by atomic mass is 9.92. The molecule has 0 aliphatic rings. The van der Waals surface area contributed by atoms with Gasteiger partial charge in [-0.25, -0.2) is 9.37 Å². The van der Waals surface area contributed by atoms with Crippen molar-refractivity contribution in [1.29, 1.82) is 0 Å². The van der Waals surface area contributed by atoms with Gasteiger partial charge in [0.25, 0.3) is 0 Å². The number of pyridine rings is 1. The van der Waals surface area contributed by atoms with Gasteiger partial charge in [0.05, 0.1) is 17.2 Å². The molecule has 1 unspecified atom stereocenters. The first-order chi connectivity index (χ1) is 16.1. The molecule has 2 heterocycles. The molecule has 176 valence electrons. The van der Waals surface area contributed by atoms with Gasteiger partial charge in [0, 0.05) is 34.0 Å². The average molecular weight is 479 g/mol. The number of nitrogens with zero attached hydrogens (tertiary/aromatic N) is 2. The molecule has 0 N–H and O–H groups in total. The van der Waals surface area contributed by atoms with Crippen molar-refractivity contribution >= 4 is 28.9 Å². The number of hydrogen-bond donors (Lipinski definition) is 0. The van der Waals surface area contributed by atoms with Crippen molar-refractivity contribution in [2.75, 3.05) is 0 Å². The van der Waals surface area contributed by atoms with Crippen LogP contribution in [0.25, 0.3) is 22.2 Å². The maximum Gasteiger partial charge on any atom is 0.153 e.